The summed E-state index contributed by atoms with van der Waals surface area (Å²) >= 11 is 4.43. The van der Waals surface area contributed by atoms with E-state index in [0.717, 1.165) is 5.57 Å². The summed E-state index contributed by atoms with van der Waals surface area (Å²) in [4.78, 5) is 2.28. The predicted molar refractivity (Wildman–Crippen MR) is 22.6 cm³/mol. The van der Waals surface area contributed by atoms with Crippen molar-refractivity contribution < 1.29 is 16.0 Å². The summed E-state index contributed by atoms with van der Waals surface area (Å²) in [6, 6.07) is 0. The maximum atomic E-state index is 4.43. The van der Waals surface area contributed by atoms with E-state index in [-0.39, 0.29) is 0 Å². The summed E-state index contributed by atoms with van der Waals surface area (Å²) in [7, 11) is 0. The molecule has 0 fully saturated rings. The fourth-order valence-electron chi connectivity index (χ4n) is 0.0643. The zero-order valence-electron chi connectivity index (χ0n) is 3.51. The Hall–Kier alpha value is -0.181. The number of allylic oxidation sites excluding steroid dienone is 1. The molecule has 0 spiro atoms. The minimum atomic E-state index is 0.819. The summed E-state index contributed by atoms with van der Waals surface area (Å²) in [6.07, 6.45) is 0. The first-order valence-corrected chi connectivity index (χ1v) is 1.98. The van der Waals surface area contributed by atoms with Crippen molar-refractivity contribution in [1.82, 2.24) is 0 Å². The Labute approximate surface area is 46.4 Å². The third-order valence-corrected chi connectivity index (χ3v) is 0.369. The molecular weight excluding hydrogens is 124 g/mol. The Balaban J connectivity index is 3.50. The van der Waals surface area contributed by atoms with Crippen LogP contribution in [0, 0.1) is 10.7 Å². The van der Waals surface area contributed by atoms with E-state index in [4.69, 9.17) is 0 Å². The molecule has 0 nitrogen and oxygen atoms in total. The van der Waals surface area contributed by atoms with Gasteiger partial charge in [0.25, 0.3) is 0 Å². The Morgan fingerprint density at radius 2 is 2.33 bits per heavy atom. The van der Waals surface area contributed by atoms with Gasteiger partial charge >= 0.3 is 45.8 Å². The molecule has 0 saturated heterocycles. The van der Waals surface area contributed by atoms with Crippen LogP contribution >= 0.6 is 0 Å². The van der Waals surface area contributed by atoms with Gasteiger partial charge in [-0.25, -0.2) is 0 Å². The van der Waals surface area contributed by atoms with Crippen LogP contribution in [-0.4, -0.2) is 0 Å². The van der Waals surface area contributed by atoms with Crippen LogP contribution in [0.5, 0.6) is 0 Å². The van der Waals surface area contributed by atoms with Crippen LogP contribution in [0.1, 0.15) is 6.92 Å². The molecule has 0 heterocycles. The normalized spacial score (nSPS) is 5.83. The van der Waals surface area contributed by atoms with Crippen LogP contribution in [0.2, 0.25) is 0 Å². The van der Waals surface area contributed by atoms with Crippen LogP contribution < -0.4 is 0 Å². The van der Waals surface area contributed by atoms with Gasteiger partial charge in [0.05, 0.1) is 0 Å². The molecule has 0 atom stereocenters. The first kappa shape index (κ1) is 5.82. The van der Waals surface area contributed by atoms with E-state index in [1.807, 2.05) is 6.92 Å². The van der Waals surface area contributed by atoms with Crippen molar-refractivity contribution in [3.05, 3.63) is 12.2 Å². The molecule has 0 aromatic heterocycles. The second-order valence-corrected chi connectivity index (χ2v) is 1.22. The summed E-state index contributed by atoms with van der Waals surface area (Å²) < 4.78 is 0. The van der Waals surface area contributed by atoms with Crippen molar-refractivity contribution >= 4 is 0 Å². The summed E-state index contributed by atoms with van der Waals surface area (Å²) in [5.41, 5.74) is 0.819. The van der Waals surface area contributed by atoms with Gasteiger partial charge in [-0.2, -0.15) is 0 Å². The number of rotatable bonds is 0. The maximum absolute atomic E-state index is 4.43. The topological polar surface area (TPSA) is 0 Å². The van der Waals surface area contributed by atoms with Crippen molar-refractivity contribution in [1.29, 1.82) is 0 Å². The average molecular weight is 129 g/mol. The van der Waals surface area contributed by atoms with Gasteiger partial charge in [0, 0.05) is 0 Å². The molecule has 0 aliphatic rings. The summed E-state index contributed by atoms with van der Waals surface area (Å²) in [6.45, 7) is 5.32. The first-order valence-electron chi connectivity index (χ1n) is 1.50. The van der Waals surface area contributed by atoms with Gasteiger partial charge in [-0.1, -0.05) is 0 Å². The Kier molecular flexibility index (Phi) is 2.94. The molecule has 0 bridgehead atoms. The molecule has 0 rings (SSSR count). The number of hydrogen-bond donors (Lipinski definition) is 0. The molecule has 0 aliphatic carbocycles. The Morgan fingerprint density at radius 1 is 1.83 bits per heavy atom. The molecule has 6 heavy (non-hydrogen) atoms. The van der Waals surface area contributed by atoms with E-state index in [1.165, 1.54) is 0 Å². The quantitative estimate of drug-likeness (QED) is 0.338. The zero-order valence-corrected chi connectivity index (χ0v) is 4.45. The summed E-state index contributed by atoms with van der Waals surface area (Å²) in [5, 5.41) is 0. The molecule has 0 radical (unpaired) electrons. The zero-order chi connectivity index (χ0) is 4.99. The van der Waals surface area contributed by atoms with E-state index in [1.54, 1.807) is 0 Å². The van der Waals surface area contributed by atoms with Gasteiger partial charge in [-0.15, -0.1) is 0 Å². The molecular formula is C5H5Cu. The van der Waals surface area contributed by atoms with E-state index in [9.17, 15) is 0 Å². The molecule has 1 heteroatoms. The van der Waals surface area contributed by atoms with Crippen molar-refractivity contribution in [2.75, 3.05) is 0 Å². The van der Waals surface area contributed by atoms with Crippen LogP contribution in [0.15, 0.2) is 12.2 Å². The van der Waals surface area contributed by atoms with E-state index in [2.05, 4.69) is 33.3 Å². The fourth-order valence-corrected chi connectivity index (χ4v) is 0.265. The van der Waals surface area contributed by atoms with Crippen molar-refractivity contribution in [3.63, 3.8) is 0 Å². The van der Waals surface area contributed by atoms with Gasteiger partial charge in [0.2, 0.25) is 0 Å². The molecule has 0 N–H and O–H groups in total. The molecule has 0 aromatic rings. The van der Waals surface area contributed by atoms with E-state index < -0.39 is 0 Å². The van der Waals surface area contributed by atoms with Crippen molar-refractivity contribution in [2.45, 2.75) is 6.92 Å². The monoisotopic (exact) mass is 128 g/mol. The molecule has 0 unspecified atom stereocenters. The van der Waals surface area contributed by atoms with Crippen LogP contribution in [0.3, 0.4) is 0 Å². The molecule has 0 aromatic carbocycles. The first-order chi connectivity index (χ1) is 2.77. The Morgan fingerprint density at radius 3 is 2.33 bits per heavy atom. The minimum absolute atomic E-state index is 0.819. The van der Waals surface area contributed by atoms with Crippen molar-refractivity contribution in [2.24, 2.45) is 0 Å². The standard InChI is InChI=1S/C5H5.Cu/c1-4-5(2)3;/h2H2,3H3;. The van der Waals surface area contributed by atoms with Gasteiger partial charge in [-0.3, -0.25) is 0 Å². The van der Waals surface area contributed by atoms with Gasteiger partial charge in [0.15, 0.2) is 0 Å². The fraction of sp³-hybridized carbons (Fsp3) is 0.200. The second-order valence-electron chi connectivity index (χ2n) is 0.981. The van der Waals surface area contributed by atoms with E-state index in [0.29, 0.717) is 0 Å². The van der Waals surface area contributed by atoms with Crippen LogP contribution in [0.4, 0.5) is 0 Å². The Bertz CT molecular complexity index is 103. The van der Waals surface area contributed by atoms with Crippen LogP contribution in [0.25, 0.3) is 0 Å². The van der Waals surface area contributed by atoms with Gasteiger partial charge in [-0.05, 0) is 0 Å². The third-order valence-electron chi connectivity index (χ3n) is 0.251. The third kappa shape index (κ3) is 3.82. The van der Waals surface area contributed by atoms with E-state index >= 15 is 0 Å². The summed E-state index contributed by atoms with van der Waals surface area (Å²) in [5.74, 6) is 2.57. The predicted octanol–water partition coefficient (Wildman–Crippen LogP) is 1.07. The molecule has 0 amide bonds. The van der Waals surface area contributed by atoms with Gasteiger partial charge < -0.3 is 0 Å². The molecule has 0 saturated carbocycles. The second kappa shape index (κ2) is 3.03. The molecule has 0 aliphatic heterocycles. The average Bonchev–Trinajstić information content (AvgIpc) is 1.35. The number of hydrogen-bond acceptors (Lipinski definition) is 0. The molecule has 36 valence electrons. The SMILES string of the molecule is C=C(C)C#[C][Cu]. The van der Waals surface area contributed by atoms with Crippen molar-refractivity contribution in [3.8, 4) is 10.7 Å². The van der Waals surface area contributed by atoms with Gasteiger partial charge in [0.1, 0.15) is 0 Å². The van der Waals surface area contributed by atoms with Crippen LogP contribution in [-0.2, 0) is 16.0 Å².